The van der Waals surface area contributed by atoms with E-state index in [1.165, 1.54) is 0 Å². The Kier molecular flexibility index (Phi) is 5.70. The van der Waals surface area contributed by atoms with Gasteiger partial charge in [0.2, 0.25) is 0 Å². The highest BCUT2D eigenvalue weighted by Crippen LogP contribution is 1.96. The van der Waals surface area contributed by atoms with Crippen LogP contribution in [0.15, 0.2) is 29.3 Å². The average Bonchev–Trinajstić information content (AvgIpc) is 2.04. The monoisotopic (exact) mass is 187 g/mol. The topological polar surface area (TPSA) is 58.6 Å². The van der Waals surface area contributed by atoms with Gasteiger partial charge in [-0.2, -0.15) is 4.55 Å². The lowest BCUT2D eigenvalue weighted by atomic mass is 10.3. The predicted molar refractivity (Wildman–Crippen MR) is 56.6 cm³/mol. The number of nitrogens with two attached hydrogens (primary N) is 1. The maximum Gasteiger partial charge on any atom is 0.276 e. The second-order valence-electron chi connectivity index (χ2n) is 2.24. The molecule has 1 atom stereocenters. The zero-order chi connectivity index (χ0) is 9.56. The molecule has 3 nitrogen and oxygen atoms in total. The van der Waals surface area contributed by atoms with E-state index in [2.05, 4.69) is 11.6 Å². The van der Waals surface area contributed by atoms with Crippen molar-refractivity contribution < 1.29 is 4.55 Å². The third-order valence-corrected chi connectivity index (χ3v) is 2.17. The van der Waals surface area contributed by atoms with Crippen molar-refractivity contribution >= 4 is 16.2 Å². The van der Waals surface area contributed by atoms with Crippen LogP contribution in [0.2, 0.25) is 0 Å². The average molecular weight is 187 g/mol. The molecule has 0 aromatic carbocycles. The van der Waals surface area contributed by atoms with E-state index in [0.717, 1.165) is 5.57 Å². The van der Waals surface area contributed by atoms with Gasteiger partial charge >= 0.3 is 0 Å². The van der Waals surface area contributed by atoms with Crippen LogP contribution in [-0.2, 0) is 11.2 Å². The summed E-state index contributed by atoms with van der Waals surface area (Å²) >= 11 is -0.791. The van der Waals surface area contributed by atoms with Crippen LogP contribution < -0.4 is 5.73 Å². The summed E-state index contributed by atoms with van der Waals surface area (Å²) in [6.45, 7) is 4.12. The van der Waals surface area contributed by atoms with Crippen LogP contribution in [-0.4, -0.2) is 29.4 Å². The van der Waals surface area contributed by atoms with Gasteiger partial charge in [-0.1, -0.05) is 12.7 Å². The Labute approximate surface area is 76.2 Å². The van der Waals surface area contributed by atoms with Gasteiger partial charge in [0.15, 0.2) is 11.2 Å². The van der Waals surface area contributed by atoms with Gasteiger partial charge < -0.3 is 5.73 Å². The van der Waals surface area contributed by atoms with Crippen LogP contribution in [0.3, 0.4) is 0 Å². The van der Waals surface area contributed by atoms with Gasteiger partial charge in [0, 0.05) is 19.7 Å². The van der Waals surface area contributed by atoms with Gasteiger partial charge in [-0.3, -0.25) is 0 Å². The molecule has 0 aliphatic heterocycles. The molecule has 0 radical (unpaired) electrons. The fraction of sp³-hybridized carbons (Fsp3) is 0.375. The fourth-order valence-electron chi connectivity index (χ4n) is 0.562. The first-order valence-electron chi connectivity index (χ1n) is 3.49. The molecule has 0 fully saturated rings. The van der Waals surface area contributed by atoms with Crippen molar-refractivity contribution in [3.63, 3.8) is 0 Å². The molecule has 0 spiro atoms. The highest BCUT2D eigenvalue weighted by molar-refractivity contribution is 8.06. The molecule has 68 valence electrons. The molecule has 0 saturated carbocycles. The van der Waals surface area contributed by atoms with E-state index >= 15 is 0 Å². The Balaban J connectivity index is 4.22. The first-order chi connectivity index (χ1) is 5.61. The number of nitrogens with zero attached hydrogens (tertiary/aromatic N) is 1. The molecule has 0 heterocycles. The van der Waals surface area contributed by atoms with E-state index in [0.29, 0.717) is 11.6 Å². The molecule has 4 heteroatoms. The molecule has 0 aliphatic carbocycles. The fourth-order valence-corrected chi connectivity index (χ4v) is 1.09. The second-order valence-corrected chi connectivity index (χ2v) is 3.61. The normalized spacial score (nSPS) is 15.2. The zero-order valence-electron chi connectivity index (χ0n) is 7.45. The molecule has 0 rings (SSSR count). The van der Waals surface area contributed by atoms with Crippen molar-refractivity contribution in [3.8, 4) is 0 Å². The van der Waals surface area contributed by atoms with Crippen molar-refractivity contribution in [2.24, 2.45) is 10.7 Å². The minimum atomic E-state index is -0.791. The van der Waals surface area contributed by atoms with E-state index in [4.69, 9.17) is 5.73 Å². The number of aliphatic imine (C=N–C) groups is 1. The van der Waals surface area contributed by atoms with Crippen molar-refractivity contribution in [1.82, 2.24) is 0 Å². The van der Waals surface area contributed by atoms with Gasteiger partial charge in [-0.15, -0.1) is 0 Å². The summed E-state index contributed by atoms with van der Waals surface area (Å²) in [4.78, 5) is 3.90. The summed E-state index contributed by atoms with van der Waals surface area (Å²) in [5.74, 6) is 0. The van der Waals surface area contributed by atoms with Gasteiger partial charge in [0.25, 0.3) is 5.04 Å². The van der Waals surface area contributed by atoms with E-state index < -0.39 is 11.2 Å². The van der Waals surface area contributed by atoms with Gasteiger partial charge in [0.05, 0.1) is 0 Å². The van der Waals surface area contributed by atoms with Gasteiger partial charge in [-0.25, -0.2) is 4.99 Å². The minimum Gasteiger partial charge on any atom is -0.327 e. The largest absolute Gasteiger partial charge is 0.327 e. The third-order valence-electron chi connectivity index (χ3n) is 1.25. The molecular formula is C8H15N2OS+. The standard InChI is InChI=1S/C8H15N2OS/c1-7(6-9)4-5-8(10-2)12(3)11/h4-5,11H,1,6,9H2,2-3H3/q+1/b5-4-,10-8?. The summed E-state index contributed by atoms with van der Waals surface area (Å²) in [7, 11) is 1.64. The predicted octanol–water partition coefficient (Wildman–Crippen LogP) is 0.807. The van der Waals surface area contributed by atoms with Gasteiger partial charge in [0.1, 0.15) is 6.26 Å². The Morgan fingerprint density at radius 2 is 2.25 bits per heavy atom. The molecule has 12 heavy (non-hydrogen) atoms. The highest BCUT2D eigenvalue weighted by atomic mass is 32.2. The van der Waals surface area contributed by atoms with E-state index in [1.54, 1.807) is 25.5 Å². The summed E-state index contributed by atoms with van der Waals surface area (Å²) in [5, 5.41) is 0.657. The van der Waals surface area contributed by atoms with Crippen molar-refractivity contribution in [2.45, 2.75) is 0 Å². The third kappa shape index (κ3) is 4.33. The molecule has 0 bridgehead atoms. The Morgan fingerprint density at radius 3 is 2.58 bits per heavy atom. The summed E-state index contributed by atoms with van der Waals surface area (Å²) < 4.78 is 9.18. The summed E-state index contributed by atoms with van der Waals surface area (Å²) in [5.41, 5.74) is 6.15. The summed E-state index contributed by atoms with van der Waals surface area (Å²) in [6.07, 6.45) is 5.19. The van der Waals surface area contributed by atoms with Crippen LogP contribution in [0, 0.1) is 0 Å². The van der Waals surface area contributed by atoms with E-state index in [1.807, 2.05) is 0 Å². The Hall–Kier alpha value is -0.580. The maximum atomic E-state index is 9.18. The molecule has 0 aliphatic rings. The van der Waals surface area contributed by atoms with Crippen LogP contribution in [0.25, 0.3) is 0 Å². The van der Waals surface area contributed by atoms with Crippen molar-refractivity contribution in [1.29, 1.82) is 0 Å². The molecule has 3 N–H and O–H groups in total. The molecular weight excluding hydrogens is 172 g/mol. The summed E-state index contributed by atoms with van der Waals surface area (Å²) in [6, 6.07) is 0. The first kappa shape index (κ1) is 11.4. The molecule has 0 saturated heterocycles. The van der Waals surface area contributed by atoms with Crippen LogP contribution in [0.1, 0.15) is 0 Å². The number of hydrogen-bond donors (Lipinski definition) is 2. The molecule has 0 amide bonds. The van der Waals surface area contributed by atoms with Crippen molar-refractivity contribution in [2.75, 3.05) is 19.8 Å². The zero-order valence-corrected chi connectivity index (χ0v) is 8.27. The van der Waals surface area contributed by atoms with E-state index in [9.17, 15) is 4.55 Å². The van der Waals surface area contributed by atoms with Crippen LogP contribution in [0.5, 0.6) is 0 Å². The maximum absolute atomic E-state index is 9.18. The molecule has 1 unspecified atom stereocenters. The number of rotatable bonds is 3. The smallest absolute Gasteiger partial charge is 0.276 e. The first-order valence-corrected chi connectivity index (χ1v) is 5.08. The van der Waals surface area contributed by atoms with Crippen molar-refractivity contribution in [3.05, 3.63) is 24.3 Å². The van der Waals surface area contributed by atoms with Gasteiger partial charge in [-0.05, 0) is 5.57 Å². The van der Waals surface area contributed by atoms with Crippen LogP contribution >= 0.6 is 0 Å². The second kappa shape index (κ2) is 5.99. The Morgan fingerprint density at radius 1 is 1.67 bits per heavy atom. The lowest BCUT2D eigenvalue weighted by Gasteiger charge is -1.92. The lowest BCUT2D eigenvalue weighted by Crippen LogP contribution is -2.09. The number of hydrogen-bond acceptors (Lipinski definition) is 3. The Bertz CT molecular complexity index is 209. The van der Waals surface area contributed by atoms with Crippen LogP contribution in [0.4, 0.5) is 0 Å². The molecule has 0 aromatic heterocycles. The quantitative estimate of drug-likeness (QED) is 0.297. The lowest BCUT2D eigenvalue weighted by molar-refractivity contribution is 0.656. The highest BCUT2D eigenvalue weighted by Gasteiger charge is 2.13. The molecule has 0 aromatic rings. The minimum absolute atomic E-state index is 0.427. The van der Waals surface area contributed by atoms with E-state index in [-0.39, 0.29) is 0 Å². The SMILES string of the molecule is C=C(/C=C\C(=NC)[S+](C)O)CN.